The van der Waals surface area contributed by atoms with Crippen LogP contribution in [-0.2, 0) is 4.74 Å². The van der Waals surface area contributed by atoms with Gasteiger partial charge in [0.15, 0.2) is 5.17 Å². The summed E-state index contributed by atoms with van der Waals surface area (Å²) in [6, 6.07) is 0.754. The summed E-state index contributed by atoms with van der Waals surface area (Å²) in [5, 5.41) is 3.19. The number of thioether (sulfide) groups is 1. The van der Waals surface area contributed by atoms with Crippen molar-refractivity contribution in [1.82, 2.24) is 4.90 Å². The van der Waals surface area contributed by atoms with E-state index in [0.29, 0.717) is 18.0 Å². The summed E-state index contributed by atoms with van der Waals surface area (Å²) >= 11 is 7.52. The van der Waals surface area contributed by atoms with Crippen molar-refractivity contribution in [1.29, 1.82) is 0 Å². The zero-order valence-electron chi connectivity index (χ0n) is 6.94. The Morgan fingerprint density at radius 1 is 1.69 bits per heavy atom. The molecule has 0 spiro atoms. The summed E-state index contributed by atoms with van der Waals surface area (Å²) in [4.78, 5) is 6.81. The van der Waals surface area contributed by atoms with Crippen LogP contribution in [0.15, 0.2) is 16.1 Å². The van der Waals surface area contributed by atoms with Gasteiger partial charge in [0, 0.05) is 5.70 Å². The average Bonchev–Trinajstić information content (AvgIpc) is 2.72. The van der Waals surface area contributed by atoms with Crippen molar-refractivity contribution in [3.63, 3.8) is 0 Å². The SMILES string of the molecule is ClCC1=CSC2=N[C@@H]3COC[C@@H]3N12. The summed E-state index contributed by atoms with van der Waals surface area (Å²) < 4.78 is 5.38. The molecular formula is C8H9ClN2OS. The minimum atomic E-state index is 0.342. The van der Waals surface area contributed by atoms with Crippen LogP contribution in [0.5, 0.6) is 0 Å². The highest BCUT2D eigenvalue weighted by Gasteiger charge is 2.43. The molecule has 3 aliphatic heterocycles. The first kappa shape index (κ1) is 8.15. The Kier molecular flexibility index (Phi) is 1.82. The summed E-state index contributed by atoms with van der Waals surface area (Å²) in [6.07, 6.45) is 0. The van der Waals surface area contributed by atoms with Crippen molar-refractivity contribution in [3.8, 4) is 0 Å². The topological polar surface area (TPSA) is 24.8 Å². The molecule has 0 aliphatic carbocycles. The molecule has 70 valence electrons. The van der Waals surface area contributed by atoms with Gasteiger partial charge in [0.05, 0.1) is 31.2 Å². The molecule has 3 heterocycles. The molecule has 13 heavy (non-hydrogen) atoms. The molecule has 0 radical (unpaired) electrons. The molecular weight excluding hydrogens is 208 g/mol. The molecule has 0 amide bonds. The van der Waals surface area contributed by atoms with Crippen LogP contribution in [0, 0.1) is 0 Å². The van der Waals surface area contributed by atoms with Crippen LogP contribution in [-0.4, -0.2) is 41.2 Å². The highest BCUT2D eigenvalue weighted by molar-refractivity contribution is 8.16. The number of aliphatic imine (C=N–C) groups is 1. The molecule has 0 saturated carbocycles. The number of nitrogens with zero attached hydrogens (tertiary/aromatic N) is 2. The molecule has 1 fully saturated rings. The van der Waals surface area contributed by atoms with Crippen molar-refractivity contribution in [2.24, 2.45) is 4.99 Å². The molecule has 2 atom stereocenters. The lowest BCUT2D eigenvalue weighted by Gasteiger charge is -2.22. The van der Waals surface area contributed by atoms with E-state index in [-0.39, 0.29) is 0 Å². The summed E-state index contributed by atoms with van der Waals surface area (Å²) in [6.45, 7) is 1.55. The summed E-state index contributed by atoms with van der Waals surface area (Å²) in [7, 11) is 0. The van der Waals surface area contributed by atoms with Crippen LogP contribution < -0.4 is 0 Å². The van der Waals surface area contributed by atoms with Gasteiger partial charge >= 0.3 is 0 Å². The third-order valence-electron chi connectivity index (χ3n) is 2.58. The van der Waals surface area contributed by atoms with Crippen LogP contribution in [0.25, 0.3) is 0 Å². The number of ether oxygens (including phenoxy) is 1. The molecule has 3 rings (SSSR count). The monoisotopic (exact) mass is 216 g/mol. The smallest absolute Gasteiger partial charge is 0.168 e. The van der Waals surface area contributed by atoms with Crippen LogP contribution in [0.3, 0.4) is 0 Å². The number of halogens is 1. The normalized spacial score (nSPS) is 35.9. The second-order valence-corrected chi connectivity index (χ2v) is 4.42. The largest absolute Gasteiger partial charge is 0.377 e. The number of alkyl halides is 1. The molecule has 3 aliphatic rings. The molecule has 0 aromatic heterocycles. The minimum absolute atomic E-state index is 0.342. The van der Waals surface area contributed by atoms with Gasteiger partial charge in [-0.05, 0) is 5.41 Å². The van der Waals surface area contributed by atoms with E-state index < -0.39 is 0 Å². The van der Waals surface area contributed by atoms with Gasteiger partial charge in [-0.3, -0.25) is 4.99 Å². The van der Waals surface area contributed by atoms with E-state index >= 15 is 0 Å². The molecule has 0 bridgehead atoms. The lowest BCUT2D eigenvalue weighted by atomic mass is 10.2. The highest BCUT2D eigenvalue weighted by atomic mass is 35.5. The predicted octanol–water partition coefficient (Wildman–Crippen LogP) is 1.25. The highest BCUT2D eigenvalue weighted by Crippen LogP contribution is 2.37. The second-order valence-electron chi connectivity index (χ2n) is 3.31. The van der Waals surface area contributed by atoms with E-state index in [1.165, 1.54) is 5.70 Å². The zero-order chi connectivity index (χ0) is 8.84. The number of amidine groups is 1. The van der Waals surface area contributed by atoms with Crippen molar-refractivity contribution in [2.45, 2.75) is 12.1 Å². The van der Waals surface area contributed by atoms with Gasteiger partial charge in [0.25, 0.3) is 0 Å². The van der Waals surface area contributed by atoms with Crippen LogP contribution in [0.4, 0.5) is 0 Å². The van der Waals surface area contributed by atoms with E-state index in [9.17, 15) is 0 Å². The van der Waals surface area contributed by atoms with Crippen LogP contribution >= 0.6 is 23.4 Å². The molecule has 3 nitrogen and oxygen atoms in total. The first-order chi connectivity index (χ1) is 6.40. The number of allylic oxidation sites excluding steroid dienone is 1. The van der Waals surface area contributed by atoms with E-state index in [0.717, 1.165) is 18.4 Å². The van der Waals surface area contributed by atoms with Gasteiger partial charge in [0.2, 0.25) is 0 Å². The van der Waals surface area contributed by atoms with Gasteiger partial charge < -0.3 is 9.64 Å². The lowest BCUT2D eigenvalue weighted by Crippen LogP contribution is -2.36. The van der Waals surface area contributed by atoms with Gasteiger partial charge in [-0.1, -0.05) is 11.8 Å². The van der Waals surface area contributed by atoms with Crippen molar-refractivity contribution in [3.05, 3.63) is 11.1 Å². The number of rotatable bonds is 1. The maximum atomic E-state index is 5.85. The second kappa shape index (κ2) is 2.90. The molecule has 0 aromatic carbocycles. The van der Waals surface area contributed by atoms with Crippen LogP contribution in [0.1, 0.15) is 0 Å². The Morgan fingerprint density at radius 3 is 3.46 bits per heavy atom. The molecule has 0 N–H and O–H groups in total. The Balaban J connectivity index is 1.92. The fourth-order valence-corrected chi connectivity index (χ4v) is 3.24. The molecule has 5 heteroatoms. The Bertz CT molecular complexity index is 305. The predicted molar refractivity (Wildman–Crippen MR) is 54.1 cm³/mol. The van der Waals surface area contributed by atoms with Gasteiger partial charge in [-0.2, -0.15) is 0 Å². The first-order valence-corrected chi connectivity index (χ1v) is 5.68. The number of hydrogen-bond acceptors (Lipinski definition) is 4. The number of fused-ring (bicyclic) bond motifs is 3. The Morgan fingerprint density at radius 2 is 2.62 bits per heavy atom. The van der Waals surface area contributed by atoms with E-state index in [4.69, 9.17) is 16.3 Å². The standard InChI is InChI=1S/C8H9ClN2OS/c9-1-5-4-13-8-10-6-2-12-3-7(6)11(5)8/h4,6-7H,1-3H2/t6-,7+/m1/s1. The minimum Gasteiger partial charge on any atom is -0.377 e. The third-order valence-corrected chi connectivity index (χ3v) is 3.76. The zero-order valence-corrected chi connectivity index (χ0v) is 8.51. The molecule has 1 saturated heterocycles. The van der Waals surface area contributed by atoms with E-state index in [1.807, 2.05) is 0 Å². The van der Waals surface area contributed by atoms with Crippen molar-refractivity contribution in [2.75, 3.05) is 19.1 Å². The summed E-state index contributed by atoms with van der Waals surface area (Å²) in [5.74, 6) is 0.565. The van der Waals surface area contributed by atoms with Gasteiger partial charge in [-0.15, -0.1) is 11.6 Å². The Hall–Kier alpha value is -0.190. The third kappa shape index (κ3) is 1.06. The fraction of sp³-hybridized carbons (Fsp3) is 0.625. The summed E-state index contributed by atoms with van der Waals surface area (Å²) in [5.41, 5.74) is 1.17. The fourth-order valence-electron chi connectivity index (χ4n) is 1.94. The maximum Gasteiger partial charge on any atom is 0.168 e. The maximum absolute atomic E-state index is 5.85. The van der Waals surface area contributed by atoms with Gasteiger partial charge in [0.1, 0.15) is 0 Å². The molecule has 0 unspecified atom stereocenters. The Labute approximate surface area is 85.8 Å². The van der Waals surface area contributed by atoms with E-state index in [1.54, 1.807) is 11.8 Å². The number of hydrogen-bond donors (Lipinski definition) is 0. The first-order valence-electron chi connectivity index (χ1n) is 4.26. The quantitative estimate of drug-likeness (QED) is 0.617. The molecule has 0 aromatic rings. The van der Waals surface area contributed by atoms with E-state index in [2.05, 4.69) is 15.3 Å². The van der Waals surface area contributed by atoms with Crippen molar-refractivity contribution >= 4 is 28.5 Å². The van der Waals surface area contributed by atoms with Crippen molar-refractivity contribution < 1.29 is 4.74 Å². The lowest BCUT2D eigenvalue weighted by molar-refractivity contribution is 0.178. The van der Waals surface area contributed by atoms with Gasteiger partial charge in [-0.25, -0.2) is 0 Å². The van der Waals surface area contributed by atoms with Crippen LogP contribution in [0.2, 0.25) is 0 Å². The average molecular weight is 217 g/mol.